The van der Waals surface area contributed by atoms with Crippen molar-refractivity contribution < 1.29 is 4.74 Å². The molecule has 3 aromatic rings. The first-order valence-electron chi connectivity index (χ1n) is 11.6. The minimum Gasteiger partial charge on any atom is -0.495 e. The van der Waals surface area contributed by atoms with Crippen LogP contribution in [0, 0.1) is 12.3 Å². The second-order valence-electron chi connectivity index (χ2n) is 7.63. The average molecular weight is 486 g/mol. The van der Waals surface area contributed by atoms with Gasteiger partial charge in [-0.25, -0.2) is 4.44 Å². The van der Waals surface area contributed by atoms with Crippen LogP contribution in [-0.2, 0) is 4.74 Å². The van der Waals surface area contributed by atoms with Gasteiger partial charge in [-0.2, -0.15) is 0 Å². The summed E-state index contributed by atoms with van der Waals surface area (Å²) in [5.74, 6) is 3.45. The van der Waals surface area contributed by atoms with Gasteiger partial charge in [-0.3, -0.25) is 0 Å². The van der Waals surface area contributed by atoms with E-state index in [2.05, 4.69) is 121 Å². The maximum absolute atomic E-state index is 5.84. The summed E-state index contributed by atoms with van der Waals surface area (Å²) in [6, 6.07) is 32.6. The molecule has 0 radical (unpaired) electrons. The number of hydrogen-bond acceptors (Lipinski definition) is 2. The molecule has 0 heterocycles. The van der Waals surface area contributed by atoms with Crippen LogP contribution in [0.2, 0.25) is 0 Å². The van der Waals surface area contributed by atoms with E-state index in [1.54, 1.807) is 13.2 Å². The van der Waals surface area contributed by atoms with Gasteiger partial charge >= 0.3 is 0 Å². The molecule has 1 unspecified atom stereocenters. The van der Waals surface area contributed by atoms with E-state index in [0.29, 0.717) is 0 Å². The van der Waals surface area contributed by atoms with E-state index < -0.39 is 16.1 Å². The van der Waals surface area contributed by atoms with Crippen LogP contribution < -0.4 is 15.9 Å². The molecule has 0 aliphatic rings. The van der Waals surface area contributed by atoms with Crippen molar-refractivity contribution in [2.75, 3.05) is 13.7 Å². The van der Waals surface area contributed by atoms with E-state index >= 15 is 0 Å². The molecule has 0 fully saturated rings. The molecule has 0 spiro atoms. The van der Waals surface area contributed by atoms with Crippen molar-refractivity contribution in [3.05, 3.63) is 114 Å². The Labute approximate surface area is 208 Å². The van der Waals surface area contributed by atoms with Gasteiger partial charge in [0.25, 0.3) is 0 Å². The first-order valence-corrected chi connectivity index (χ1v) is 14.2. The van der Waals surface area contributed by atoms with Crippen molar-refractivity contribution >= 4 is 32.1 Å². The molecule has 0 aliphatic heterocycles. The zero-order valence-corrected chi connectivity index (χ0v) is 22.1. The highest BCUT2D eigenvalue weighted by Crippen LogP contribution is 2.60. The Kier molecular flexibility index (Phi) is 10.6. The predicted octanol–water partition coefficient (Wildman–Crippen LogP) is 6.93. The quantitative estimate of drug-likeness (QED) is 0.126. The summed E-state index contributed by atoms with van der Waals surface area (Å²) < 4.78 is 8.57. The third kappa shape index (κ3) is 6.46. The number of hydrogen-bond donors (Lipinski definition) is 0. The minimum atomic E-state index is -0.903. The van der Waals surface area contributed by atoms with Gasteiger partial charge in [0.1, 0.15) is 5.76 Å². The Morgan fingerprint density at radius 1 is 0.882 bits per heavy atom. The Hall–Kier alpha value is -2.68. The number of ether oxygens (including phenoxy) is 1. The number of terminal acetylenes is 1. The molecule has 0 saturated heterocycles. The van der Waals surface area contributed by atoms with Crippen LogP contribution in [0.5, 0.6) is 0 Å². The number of nitrogens with zero attached hydrogens (tertiary/aromatic N) is 1. The van der Waals surface area contributed by atoms with Crippen molar-refractivity contribution in [1.82, 2.24) is 4.44 Å². The lowest BCUT2D eigenvalue weighted by Gasteiger charge is -2.40. The molecular formula is C30H33NOP2. The second kappa shape index (κ2) is 13.9. The standard InChI is InChI=1S/C30H33NOP2/c1-5-8-25-31(33(26-19-12-9-13-20-26)27-21-14-10-15-22-27)34(28-23-16-11-17-24-28)30(7-3)29(32-4)18-6-2/h2,7,9-24H,5,8,25H2,1,3-4H3. The highest BCUT2D eigenvalue weighted by Gasteiger charge is 2.33. The molecule has 0 aromatic heterocycles. The Morgan fingerprint density at radius 2 is 1.38 bits per heavy atom. The number of rotatable bonds is 11. The Morgan fingerprint density at radius 3 is 1.79 bits per heavy atom. The van der Waals surface area contributed by atoms with Crippen molar-refractivity contribution in [2.45, 2.75) is 26.7 Å². The van der Waals surface area contributed by atoms with Gasteiger partial charge < -0.3 is 4.74 Å². The van der Waals surface area contributed by atoms with Crippen molar-refractivity contribution in [3.63, 3.8) is 0 Å². The molecule has 0 saturated carbocycles. The van der Waals surface area contributed by atoms with Crippen LogP contribution in [0.1, 0.15) is 26.7 Å². The maximum Gasteiger partial charge on any atom is 0.136 e. The SMILES string of the molecule is C#CC=C(OC)C(=CC)P(c1ccccc1)N(CCCC)P(c1ccccc1)c1ccccc1. The Balaban J connectivity index is 2.27. The Bertz CT molecular complexity index is 1070. The summed E-state index contributed by atoms with van der Waals surface area (Å²) >= 11 is 0. The van der Waals surface area contributed by atoms with Crippen LogP contribution in [0.3, 0.4) is 0 Å². The molecule has 1 atom stereocenters. The molecule has 0 amide bonds. The van der Waals surface area contributed by atoms with E-state index in [4.69, 9.17) is 11.2 Å². The van der Waals surface area contributed by atoms with E-state index in [1.807, 2.05) is 0 Å². The molecule has 34 heavy (non-hydrogen) atoms. The third-order valence-electron chi connectivity index (χ3n) is 5.36. The van der Waals surface area contributed by atoms with Crippen molar-refractivity contribution in [1.29, 1.82) is 0 Å². The topological polar surface area (TPSA) is 12.5 Å². The van der Waals surface area contributed by atoms with Gasteiger partial charge in [0.2, 0.25) is 0 Å². The summed E-state index contributed by atoms with van der Waals surface area (Å²) in [5.41, 5.74) is 0. The van der Waals surface area contributed by atoms with E-state index in [1.165, 1.54) is 15.9 Å². The molecule has 4 heteroatoms. The van der Waals surface area contributed by atoms with Crippen molar-refractivity contribution in [3.8, 4) is 12.3 Å². The molecule has 2 nitrogen and oxygen atoms in total. The van der Waals surface area contributed by atoms with E-state index in [0.717, 1.165) is 30.5 Å². The zero-order chi connectivity index (χ0) is 24.2. The van der Waals surface area contributed by atoms with Gasteiger partial charge in [0, 0.05) is 34.1 Å². The van der Waals surface area contributed by atoms with E-state index in [9.17, 15) is 0 Å². The second-order valence-corrected chi connectivity index (χ2v) is 12.2. The summed E-state index contributed by atoms with van der Waals surface area (Å²) in [6.07, 6.45) is 11.9. The molecule has 3 aromatic carbocycles. The van der Waals surface area contributed by atoms with Gasteiger partial charge in [-0.05, 0) is 29.3 Å². The van der Waals surface area contributed by atoms with Crippen molar-refractivity contribution in [2.24, 2.45) is 0 Å². The van der Waals surface area contributed by atoms with Gasteiger partial charge in [-0.1, -0.05) is 116 Å². The predicted molar refractivity (Wildman–Crippen MR) is 151 cm³/mol. The molecule has 3 rings (SSSR count). The monoisotopic (exact) mass is 485 g/mol. The average Bonchev–Trinajstić information content (AvgIpc) is 2.90. The fourth-order valence-corrected chi connectivity index (χ4v) is 10.0. The smallest absolute Gasteiger partial charge is 0.136 e. The highest BCUT2D eigenvalue weighted by atomic mass is 31.2. The van der Waals surface area contributed by atoms with Crippen LogP contribution in [-0.4, -0.2) is 18.1 Å². The fraction of sp³-hybridized carbons (Fsp3) is 0.200. The lowest BCUT2D eigenvalue weighted by atomic mass is 10.3. The number of allylic oxidation sites excluding steroid dienone is 3. The number of methoxy groups -OCH3 is 1. The van der Waals surface area contributed by atoms with Crippen LogP contribution in [0.4, 0.5) is 0 Å². The molecular weight excluding hydrogens is 452 g/mol. The van der Waals surface area contributed by atoms with Gasteiger partial charge in [-0.15, -0.1) is 6.42 Å². The molecule has 0 bridgehead atoms. The molecule has 0 aliphatic carbocycles. The summed E-state index contributed by atoms with van der Waals surface area (Å²) in [6.45, 7) is 5.32. The number of benzene rings is 3. The summed E-state index contributed by atoms with van der Waals surface area (Å²) in [5, 5.41) is 5.13. The number of unbranched alkanes of at least 4 members (excludes halogenated alkanes) is 1. The minimum absolute atomic E-state index is 0.762. The zero-order valence-electron chi connectivity index (χ0n) is 20.3. The van der Waals surface area contributed by atoms with Gasteiger partial charge in [0.05, 0.1) is 7.11 Å². The van der Waals surface area contributed by atoms with Crippen LogP contribution in [0.15, 0.2) is 114 Å². The highest BCUT2D eigenvalue weighted by molar-refractivity contribution is 7.83. The lowest BCUT2D eigenvalue weighted by Crippen LogP contribution is -2.29. The molecule has 174 valence electrons. The van der Waals surface area contributed by atoms with Gasteiger partial charge in [0.15, 0.2) is 0 Å². The van der Waals surface area contributed by atoms with Crippen LogP contribution >= 0.6 is 16.1 Å². The normalized spacial score (nSPS) is 13.1. The van der Waals surface area contributed by atoms with Crippen LogP contribution in [0.25, 0.3) is 0 Å². The first kappa shape index (κ1) is 25.9. The fourth-order valence-electron chi connectivity index (χ4n) is 3.79. The van der Waals surface area contributed by atoms with E-state index in [-0.39, 0.29) is 0 Å². The summed E-state index contributed by atoms with van der Waals surface area (Å²) in [7, 11) is 0.0246. The maximum atomic E-state index is 5.84. The molecule has 0 N–H and O–H groups in total. The summed E-state index contributed by atoms with van der Waals surface area (Å²) in [4.78, 5) is 0. The third-order valence-corrected chi connectivity index (χ3v) is 11.1. The first-order chi connectivity index (χ1) is 16.7. The largest absolute Gasteiger partial charge is 0.495 e. The lowest BCUT2D eigenvalue weighted by molar-refractivity contribution is 0.305.